The van der Waals surface area contributed by atoms with Crippen molar-refractivity contribution in [2.45, 2.75) is 19.1 Å². The van der Waals surface area contributed by atoms with Crippen LogP contribution in [0.3, 0.4) is 0 Å². The topological polar surface area (TPSA) is 35.2 Å². The van der Waals surface area contributed by atoms with Crippen LogP contribution in [0.15, 0.2) is 48.5 Å². The van der Waals surface area contributed by atoms with E-state index in [2.05, 4.69) is 0 Å². The number of benzene rings is 2. The Morgan fingerprint density at radius 3 is 2.47 bits per heavy atom. The Morgan fingerprint density at radius 1 is 1.16 bits per heavy atom. The zero-order chi connectivity index (χ0) is 13.8. The fourth-order valence-electron chi connectivity index (χ4n) is 1.78. The zero-order valence-corrected chi connectivity index (χ0v) is 11.3. The van der Waals surface area contributed by atoms with Crippen LogP contribution >= 0.6 is 11.6 Å². The van der Waals surface area contributed by atoms with Crippen molar-refractivity contribution in [1.82, 2.24) is 0 Å². The van der Waals surface area contributed by atoms with Crippen molar-refractivity contribution in [3.63, 3.8) is 0 Å². The number of hydrogen-bond acceptors (Lipinski definition) is 2. The van der Waals surface area contributed by atoms with E-state index in [1.807, 2.05) is 19.1 Å². The van der Waals surface area contributed by atoms with E-state index in [1.54, 1.807) is 24.3 Å². The quantitative estimate of drug-likeness (QED) is 0.920. The summed E-state index contributed by atoms with van der Waals surface area (Å²) in [5.41, 5.74) is 6.92. The maximum Gasteiger partial charge on any atom is 0.123 e. The molecular formula is C15H15ClFNO. The Morgan fingerprint density at radius 2 is 1.84 bits per heavy atom. The third-order valence-electron chi connectivity index (χ3n) is 2.88. The first-order chi connectivity index (χ1) is 9.06. The second-order valence-corrected chi connectivity index (χ2v) is 4.79. The molecule has 0 saturated carbocycles. The van der Waals surface area contributed by atoms with Crippen molar-refractivity contribution in [2.75, 3.05) is 0 Å². The summed E-state index contributed by atoms with van der Waals surface area (Å²) in [7, 11) is 0. The molecule has 2 aromatic carbocycles. The molecule has 0 bridgehead atoms. The van der Waals surface area contributed by atoms with E-state index >= 15 is 0 Å². The second kappa shape index (κ2) is 6.04. The van der Waals surface area contributed by atoms with E-state index < -0.39 is 0 Å². The second-order valence-electron chi connectivity index (χ2n) is 4.36. The molecule has 0 fully saturated rings. The number of ether oxygens (including phenoxy) is 1. The molecule has 2 unspecified atom stereocenters. The van der Waals surface area contributed by atoms with E-state index in [0.29, 0.717) is 10.8 Å². The molecule has 0 aliphatic rings. The number of halogens is 2. The van der Waals surface area contributed by atoms with Gasteiger partial charge >= 0.3 is 0 Å². The summed E-state index contributed by atoms with van der Waals surface area (Å²) in [4.78, 5) is 0. The smallest absolute Gasteiger partial charge is 0.123 e. The Hall–Kier alpha value is -1.58. The molecule has 2 rings (SSSR count). The Kier molecular flexibility index (Phi) is 4.40. The van der Waals surface area contributed by atoms with E-state index in [-0.39, 0.29) is 18.0 Å². The molecule has 0 aliphatic carbocycles. The standard InChI is InChI=1S/C15H15ClFNO/c1-10(19-14-4-2-3-12(16)9-14)15(18)11-5-7-13(17)8-6-11/h2-10,15H,18H2,1H3. The van der Waals surface area contributed by atoms with Crippen LogP contribution in [0.2, 0.25) is 5.02 Å². The van der Waals surface area contributed by atoms with Crippen LogP contribution in [-0.4, -0.2) is 6.10 Å². The van der Waals surface area contributed by atoms with E-state index in [4.69, 9.17) is 22.1 Å². The molecule has 2 nitrogen and oxygen atoms in total. The maximum atomic E-state index is 12.9. The zero-order valence-electron chi connectivity index (χ0n) is 10.5. The average Bonchev–Trinajstić information content (AvgIpc) is 2.39. The largest absolute Gasteiger partial charge is 0.489 e. The third kappa shape index (κ3) is 3.69. The van der Waals surface area contributed by atoms with Crippen LogP contribution in [0.25, 0.3) is 0 Å². The van der Waals surface area contributed by atoms with Gasteiger partial charge in [0.2, 0.25) is 0 Å². The molecule has 4 heteroatoms. The van der Waals surface area contributed by atoms with Crippen LogP contribution in [0.1, 0.15) is 18.5 Å². The van der Waals surface area contributed by atoms with Gasteiger partial charge < -0.3 is 10.5 Å². The molecule has 2 aromatic rings. The molecule has 2 atom stereocenters. The maximum absolute atomic E-state index is 12.9. The summed E-state index contributed by atoms with van der Waals surface area (Å²) in [6, 6.07) is 12.9. The molecule has 0 heterocycles. The highest BCUT2D eigenvalue weighted by Gasteiger charge is 2.16. The van der Waals surface area contributed by atoms with Crippen molar-refractivity contribution < 1.29 is 9.13 Å². The molecule has 0 aromatic heterocycles. The van der Waals surface area contributed by atoms with Crippen molar-refractivity contribution in [1.29, 1.82) is 0 Å². The lowest BCUT2D eigenvalue weighted by molar-refractivity contribution is 0.190. The summed E-state index contributed by atoms with van der Waals surface area (Å²) < 4.78 is 18.6. The Labute approximate surface area is 117 Å². The first kappa shape index (κ1) is 13.8. The highest BCUT2D eigenvalue weighted by Crippen LogP contribution is 2.22. The molecule has 0 saturated heterocycles. The van der Waals surface area contributed by atoms with Crippen molar-refractivity contribution >= 4 is 11.6 Å². The number of hydrogen-bond donors (Lipinski definition) is 1. The lowest BCUT2D eigenvalue weighted by atomic mass is 10.0. The van der Waals surface area contributed by atoms with Crippen LogP contribution in [0.4, 0.5) is 4.39 Å². The van der Waals surface area contributed by atoms with Gasteiger partial charge in [-0.1, -0.05) is 29.8 Å². The molecular weight excluding hydrogens is 265 g/mol. The molecule has 0 radical (unpaired) electrons. The normalized spacial score (nSPS) is 13.9. The monoisotopic (exact) mass is 279 g/mol. The van der Waals surface area contributed by atoms with Gasteiger partial charge in [-0.15, -0.1) is 0 Å². The SMILES string of the molecule is CC(Oc1cccc(Cl)c1)C(N)c1ccc(F)cc1. The van der Waals surface area contributed by atoms with E-state index in [0.717, 1.165) is 5.56 Å². The highest BCUT2D eigenvalue weighted by atomic mass is 35.5. The average molecular weight is 280 g/mol. The molecule has 0 amide bonds. The van der Waals surface area contributed by atoms with Crippen LogP contribution in [-0.2, 0) is 0 Å². The van der Waals surface area contributed by atoms with Crippen LogP contribution < -0.4 is 10.5 Å². The highest BCUT2D eigenvalue weighted by molar-refractivity contribution is 6.30. The minimum atomic E-state index is -0.334. The van der Waals surface area contributed by atoms with Crippen molar-refractivity contribution in [3.8, 4) is 5.75 Å². The summed E-state index contributed by atoms with van der Waals surface area (Å²) in [5.74, 6) is 0.386. The van der Waals surface area contributed by atoms with Gasteiger partial charge in [0.05, 0.1) is 6.04 Å². The summed E-state index contributed by atoms with van der Waals surface area (Å²) >= 11 is 5.89. The molecule has 2 N–H and O–H groups in total. The van der Waals surface area contributed by atoms with Gasteiger partial charge in [0.15, 0.2) is 0 Å². The fraction of sp³-hybridized carbons (Fsp3) is 0.200. The van der Waals surface area contributed by atoms with Gasteiger partial charge in [-0.2, -0.15) is 0 Å². The predicted molar refractivity (Wildman–Crippen MR) is 74.9 cm³/mol. The minimum Gasteiger partial charge on any atom is -0.489 e. The first-order valence-corrected chi connectivity index (χ1v) is 6.37. The lowest BCUT2D eigenvalue weighted by Crippen LogP contribution is -2.28. The summed E-state index contributed by atoms with van der Waals surface area (Å²) in [6.07, 6.45) is -0.246. The van der Waals surface area contributed by atoms with Gasteiger partial charge in [0.1, 0.15) is 17.7 Å². The predicted octanol–water partition coefficient (Wildman–Crippen LogP) is 3.95. The van der Waals surface area contributed by atoms with Gasteiger partial charge in [-0.25, -0.2) is 4.39 Å². The van der Waals surface area contributed by atoms with Crippen LogP contribution in [0, 0.1) is 5.82 Å². The van der Waals surface area contributed by atoms with Gasteiger partial charge in [0.25, 0.3) is 0 Å². The van der Waals surface area contributed by atoms with Crippen molar-refractivity contribution in [2.24, 2.45) is 5.73 Å². The molecule has 19 heavy (non-hydrogen) atoms. The minimum absolute atomic E-state index is 0.246. The lowest BCUT2D eigenvalue weighted by Gasteiger charge is -2.22. The van der Waals surface area contributed by atoms with E-state index in [9.17, 15) is 4.39 Å². The molecule has 0 aliphatic heterocycles. The Bertz CT molecular complexity index is 544. The number of nitrogens with two attached hydrogens (primary N) is 1. The molecule has 0 spiro atoms. The first-order valence-electron chi connectivity index (χ1n) is 5.99. The fourth-order valence-corrected chi connectivity index (χ4v) is 1.96. The summed E-state index contributed by atoms with van der Waals surface area (Å²) in [5, 5.41) is 0.611. The van der Waals surface area contributed by atoms with E-state index in [1.165, 1.54) is 12.1 Å². The van der Waals surface area contributed by atoms with Gasteiger partial charge in [0, 0.05) is 5.02 Å². The Balaban J connectivity index is 2.07. The van der Waals surface area contributed by atoms with Crippen LogP contribution in [0.5, 0.6) is 5.75 Å². The summed E-state index contributed by atoms with van der Waals surface area (Å²) in [6.45, 7) is 1.87. The van der Waals surface area contributed by atoms with Crippen molar-refractivity contribution in [3.05, 3.63) is 64.9 Å². The number of rotatable bonds is 4. The molecule has 100 valence electrons. The van der Waals surface area contributed by atoms with Gasteiger partial charge in [-0.05, 0) is 42.8 Å². The van der Waals surface area contributed by atoms with Gasteiger partial charge in [-0.3, -0.25) is 0 Å². The third-order valence-corrected chi connectivity index (χ3v) is 3.11.